The molecular formula is C12H18N2O4. The van der Waals surface area contributed by atoms with Crippen molar-refractivity contribution in [1.29, 1.82) is 0 Å². The van der Waals surface area contributed by atoms with E-state index in [4.69, 9.17) is 10.2 Å². The maximum Gasteiger partial charge on any atom is 0.317 e. The summed E-state index contributed by atoms with van der Waals surface area (Å²) < 4.78 is 0. The number of carboxylic acid groups (broad SMARTS) is 1. The molecule has 1 aliphatic carbocycles. The Kier molecular flexibility index (Phi) is 3.86. The summed E-state index contributed by atoms with van der Waals surface area (Å²) >= 11 is 0. The standard InChI is InChI=1S/C12H18N2O4/c15-7-8-3-4-14(6-8)12(18)13-10-2-1-9(5-10)11(16)17/h1-2,8-10,15H,3-7H2,(H,13,18)(H,16,17). The molecule has 1 aliphatic heterocycles. The highest BCUT2D eigenvalue weighted by atomic mass is 16.4. The fourth-order valence-electron chi connectivity index (χ4n) is 2.41. The van der Waals surface area contributed by atoms with Crippen molar-refractivity contribution in [2.45, 2.75) is 18.9 Å². The highest BCUT2D eigenvalue weighted by Crippen LogP contribution is 2.19. The van der Waals surface area contributed by atoms with Crippen molar-refractivity contribution >= 4 is 12.0 Å². The molecule has 0 aromatic rings. The Hall–Kier alpha value is -1.56. The lowest BCUT2D eigenvalue weighted by atomic mass is 10.1. The van der Waals surface area contributed by atoms with Gasteiger partial charge in [0, 0.05) is 25.6 Å². The van der Waals surface area contributed by atoms with Crippen LogP contribution in [0.3, 0.4) is 0 Å². The molecule has 18 heavy (non-hydrogen) atoms. The lowest BCUT2D eigenvalue weighted by Gasteiger charge is -2.20. The minimum Gasteiger partial charge on any atom is -0.481 e. The number of carbonyl (C=O) groups excluding carboxylic acids is 1. The minimum absolute atomic E-state index is 0.105. The third-order valence-electron chi connectivity index (χ3n) is 3.54. The predicted molar refractivity (Wildman–Crippen MR) is 64.0 cm³/mol. The first-order valence-corrected chi connectivity index (χ1v) is 6.17. The van der Waals surface area contributed by atoms with Gasteiger partial charge in [0.1, 0.15) is 0 Å². The molecule has 0 aromatic heterocycles. The predicted octanol–water partition coefficient (Wildman–Crippen LogP) is 0.0395. The van der Waals surface area contributed by atoms with Crippen molar-refractivity contribution in [2.75, 3.05) is 19.7 Å². The van der Waals surface area contributed by atoms with Crippen LogP contribution in [-0.4, -0.2) is 52.9 Å². The van der Waals surface area contributed by atoms with Crippen molar-refractivity contribution in [3.05, 3.63) is 12.2 Å². The molecule has 2 amide bonds. The van der Waals surface area contributed by atoms with Crippen molar-refractivity contribution in [2.24, 2.45) is 11.8 Å². The average Bonchev–Trinajstić information content (AvgIpc) is 2.96. The van der Waals surface area contributed by atoms with Gasteiger partial charge in [-0.1, -0.05) is 12.2 Å². The van der Waals surface area contributed by atoms with Crippen LogP contribution >= 0.6 is 0 Å². The number of aliphatic hydroxyl groups excluding tert-OH is 1. The van der Waals surface area contributed by atoms with E-state index in [2.05, 4.69) is 5.32 Å². The summed E-state index contributed by atoms with van der Waals surface area (Å²) in [5, 5.41) is 20.7. The summed E-state index contributed by atoms with van der Waals surface area (Å²) in [6.45, 7) is 1.32. The molecule has 3 atom stereocenters. The minimum atomic E-state index is -0.857. The lowest BCUT2D eigenvalue weighted by molar-refractivity contribution is -0.140. The Morgan fingerprint density at radius 2 is 2.17 bits per heavy atom. The molecule has 1 heterocycles. The maximum atomic E-state index is 11.9. The zero-order valence-electron chi connectivity index (χ0n) is 10.1. The van der Waals surface area contributed by atoms with Gasteiger partial charge in [-0.2, -0.15) is 0 Å². The van der Waals surface area contributed by atoms with Gasteiger partial charge >= 0.3 is 12.0 Å². The van der Waals surface area contributed by atoms with Crippen LogP contribution in [0.1, 0.15) is 12.8 Å². The number of nitrogens with zero attached hydrogens (tertiary/aromatic N) is 1. The number of amides is 2. The molecule has 0 radical (unpaired) electrons. The zero-order valence-corrected chi connectivity index (χ0v) is 10.1. The van der Waals surface area contributed by atoms with E-state index in [1.165, 1.54) is 0 Å². The molecule has 2 aliphatic rings. The number of rotatable bonds is 3. The summed E-state index contributed by atoms with van der Waals surface area (Å²) in [6.07, 6.45) is 4.59. The van der Waals surface area contributed by atoms with Gasteiger partial charge < -0.3 is 20.4 Å². The van der Waals surface area contributed by atoms with Gasteiger partial charge in [-0.15, -0.1) is 0 Å². The van der Waals surface area contributed by atoms with Gasteiger partial charge in [0.25, 0.3) is 0 Å². The van der Waals surface area contributed by atoms with E-state index >= 15 is 0 Å². The van der Waals surface area contributed by atoms with Crippen molar-refractivity contribution in [1.82, 2.24) is 10.2 Å². The molecular weight excluding hydrogens is 236 g/mol. The topological polar surface area (TPSA) is 89.9 Å². The van der Waals surface area contributed by atoms with E-state index in [1.807, 2.05) is 0 Å². The van der Waals surface area contributed by atoms with Crippen molar-refractivity contribution in [3.8, 4) is 0 Å². The van der Waals surface area contributed by atoms with Crippen LogP contribution in [0.2, 0.25) is 0 Å². The van der Waals surface area contributed by atoms with E-state index in [-0.39, 0.29) is 24.6 Å². The Bertz CT molecular complexity index is 369. The number of urea groups is 1. The SMILES string of the molecule is O=C(O)C1C=CC(NC(=O)N2CCC(CO)C2)C1. The molecule has 0 bridgehead atoms. The molecule has 1 fully saturated rings. The normalized spacial score (nSPS) is 30.7. The van der Waals surface area contributed by atoms with Gasteiger partial charge in [0.05, 0.1) is 12.0 Å². The van der Waals surface area contributed by atoms with Crippen LogP contribution in [0, 0.1) is 11.8 Å². The second-order valence-electron chi connectivity index (χ2n) is 4.90. The number of carbonyl (C=O) groups is 2. The summed E-state index contributed by atoms with van der Waals surface area (Å²) in [5.74, 6) is -1.19. The molecule has 3 unspecified atom stereocenters. The average molecular weight is 254 g/mol. The number of likely N-dealkylation sites (tertiary alicyclic amines) is 1. The van der Waals surface area contributed by atoms with Crippen LogP contribution in [0.25, 0.3) is 0 Å². The highest BCUT2D eigenvalue weighted by Gasteiger charge is 2.29. The number of hydrogen-bond acceptors (Lipinski definition) is 3. The Labute approximate surface area is 105 Å². The van der Waals surface area contributed by atoms with E-state index < -0.39 is 11.9 Å². The van der Waals surface area contributed by atoms with E-state index in [1.54, 1.807) is 17.1 Å². The first-order chi connectivity index (χ1) is 8.60. The van der Waals surface area contributed by atoms with Crippen LogP contribution in [0.15, 0.2) is 12.2 Å². The summed E-state index contributed by atoms with van der Waals surface area (Å²) in [5.41, 5.74) is 0. The summed E-state index contributed by atoms with van der Waals surface area (Å²) in [7, 11) is 0. The number of hydrogen-bond donors (Lipinski definition) is 3. The third kappa shape index (κ3) is 2.81. The second-order valence-corrected chi connectivity index (χ2v) is 4.90. The molecule has 6 nitrogen and oxygen atoms in total. The molecule has 0 spiro atoms. The highest BCUT2D eigenvalue weighted by molar-refractivity contribution is 5.76. The first kappa shape index (κ1) is 12.9. The lowest BCUT2D eigenvalue weighted by Crippen LogP contribution is -2.43. The van der Waals surface area contributed by atoms with Gasteiger partial charge in [0.15, 0.2) is 0 Å². The number of aliphatic carboxylic acids is 1. The third-order valence-corrected chi connectivity index (χ3v) is 3.54. The zero-order chi connectivity index (χ0) is 13.1. The Morgan fingerprint density at radius 3 is 2.72 bits per heavy atom. The molecule has 100 valence electrons. The number of aliphatic hydroxyl groups is 1. The summed E-state index contributed by atoms with van der Waals surface area (Å²) in [4.78, 5) is 24.3. The Morgan fingerprint density at radius 1 is 1.39 bits per heavy atom. The smallest absolute Gasteiger partial charge is 0.317 e. The molecule has 6 heteroatoms. The number of nitrogens with one attached hydrogen (secondary N) is 1. The molecule has 2 rings (SSSR count). The van der Waals surface area contributed by atoms with Gasteiger partial charge in [0.2, 0.25) is 0 Å². The van der Waals surface area contributed by atoms with E-state index in [0.717, 1.165) is 6.42 Å². The number of carboxylic acids is 1. The van der Waals surface area contributed by atoms with Crippen molar-refractivity contribution in [3.63, 3.8) is 0 Å². The van der Waals surface area contributed by atoms with E-state index in [0.29, 0.717) is 19.5 Å². The molecule has 0 aromatic carbocycles. The first-order valence-electron chi connectivity index (χ1n) is 6.17. The largest absolute Gasteiger partial charge is 0.481 e. The molecule has 1 saturated heterocycles. The quantitative estimate of drug-likeness (QED) is 0.620. The van der Waals surface area contributed by atoms with Crippen LogP contribution in [0.4, 0.5) is 4.79 Å². The molecule has 0 saturated carbocycles. The fraction of sp³-hybridized carbons (Fsp3) is 0.667. The fourth-order valence-corrected chi connectivity index (χ4v) is 2.41. The van der Waals surface area contributed by atoms with Gasteiger partial charge in [-0.05, 0) is 12.8 Å². The van der Waals surface area contributed by atoms with Crippen LogP contribution in [-0.2, 0) is 4.79 Å². The van der Waals surface area contributed by atoms with Gasteiger partial charge in [-0.3, -0.25) is 4.79 Å². The summed E-state index contributed by atoms with van der Waals surface area (Å²) in [6, 6.07) is -0.376. The van der Waals surface area contributed by atoms with Crippen LogP contribution < -0.4 is 5.32 Å². The van der Waals surface area contributed by atoms with E-state index in [9.17, 15) is 9.59 Å². The monoisotopic (exact) mass is 254 g/mol. The van der Waals surface area contributed by atoms with Crippen LogP contribution in [0.5, 0.6) is 0 Å². The second kappa shape index (κ2) is 5.39. The van der Waals surface area contributed by atoms with Gasteiger partial charge in [-0.25, -0.2) is 4.79 Å². The Balaban J connectivity index is 1.79. The van der Waals surface area contributed by atoms with Crippen molar-refractivity contribution < 1.29 is 19.8 Å². The molecule has 3 N–H and O–H groups in total. The maximum absolute atomic E-state index is 11.9.